The summed E-state index contributed by atoms with van der Waals surface area (Å²) in [5.74, 6) is 0. The zero-order valence-corrected chi connectivity index (χ0v) is 6.78. The Morgan fingerprint density at radius 1 is 1.42 bits per heavy atom. The first kappa shape index (κ1) is 7.31. The number of nitrogens with one attached hydrogen (secondary N) is 1. The van der Waals surface area contributed by atoms with Crippen LogP contribution in [0.15, 0.2) is 24.3 Å². The molecule has 3 nitrogen and oxygen atoms in total. The fraction of sp³-hybridized carbons (Fsp3) is 0.222. The summed E-state index contributed by atoms with van der Waals surface area (Å²) >= 11 is 0. The topological polar surface area (TPSA) is 48.9 Å². The van der Waals surface area contributed by atoms with Crippen LogP contribution in [0, 0.1) is 0 Å². The molecule has 0 aliphatic heterocycles. The Labute approximate surface area is 70.0 Å². The van der Waals surface area contributed by atoms with Gasteiger partial charge in [-0.05, 0) is 13.0 Å². The minimum atomic E-state index is -0.489. The van der Waals surface area contributed by atoms with Gasteiger partial charge in [-0.1, -0.05) is 18.2 Å². The van der Waals surface area contributed by atoms with Crippen molar-refractivity contribution in [3.05, 3.63) is 30.0 Å². The second-order valence-corrected chi connectivity index (χ2v) is 2.83. The van der Waals surface area contributed by atoms with Gasteiger partial charge in [0.1, 0.15) is 0 Å². The van der Waals surface area contributed by atoms with Gasteiger partial charge in [-0.25, -0.2) is 0 Å². The second kappa shape index (κ2) is 2.60. The van der Waals surface area contributed by atoms with Gasteiger partial charge in [0.25, 0.3) is 0 Å². The zero-order valence-electron chi connectivity index (χ0n) is 6.78. The van der Waals surface area contributed by atoms with E-state index in [1.54, 1.807) is 6.92 Å². The van der Waals surface area contributed by atoms with E-state index in [1.807, 2.05) is 24.3 Å². The summed E-state index contributed by atoms with van der Waals surface area (Å²) in [5.41, 5.74) is 1.68. The number of hydrogen-bond donors (Lipinski definition) is 2. The lowest BCUT2D eigenvalue weighted by Crippen LogP contribution is -1.90. The number of para-hydroxylation sites is 1. The average molecular weight is 162 g/mol. The Bertz CT molecular complexity index is 392. The largest absolute Gasteiger partial charge is 0.387 e. The van der Waals surface area contributed by atoms with Crippen LogP contribution in [-0.2, 0) is 0 Å². The number of aliphatic hydroxyl groups excluding tert-OH is 1. The molecule has 0 saturated heterocycles. The molecule has 0 spiro atoms. The number of rotatable bonds is 1. The summed E-state index contributed by atoms with van der Waals surface area (Å²) in [4.78, 5) is 0. The Morgan fingerprint density at radius 2 is 2.17 bits per heavy atom. The molecule has 2 aromatic rings. The number of aliphatic hydroxyl groups is 1. The Kier molecular flexibility index (Phi) is 1.59. The zero-order chi connectivity index (χ0) is 8.55. The first-order valence-corrected chi connectivity index (χ1v) is 3.90. The quantitative estimate of drug-likeness (QED) is 0.669. The van der Waals surface area contributed by atoms with Gasteiger partial charge in [0, 0.05) is 5.39 Å². The molecule has 0 aliphatic carbocycles. The molecule has 0 bridgehead atoms. The molecule has 2 N–H and O–H groups in total. The number of H-pyrrole nitrogens is 1. The lowest BCUT2D eigenvalue weighted by Gasteiger charge is -1.99. The maximum Gasteiger partial charge on any atom is 0.0932 e. The van der Waals surface area contributed by atoms with Crippen LogP contribution in [0.3, 0.4) is 0 Å². The number of nitrogens with zero attached hydrogens (tertiary/aromatic N) is 1. The van der Waals surface area contributed by atoms with E-state index >= 15 is 0 Å². The van der Waals surface area contributed by atoms with Crippen LogP contribution in [-0.4, -0.2) is 15.3 Å². The van der Waals surface area contributed by atoms with Gasteiger partial charge in [-0.15, -0.1) is 0 Å². The molecule has 62 valence electrons. The molecule has 1 atom stereocenters. The normalized spacial score (nSPS) is 13.5. The average Bonchev–Trinajstić information content (AvgIpc) is 2.47. The maximum atomic E-state index is 9.34. The van der Waals surface area contributed by atoms with Gasteiger partial charge in [-0.2, -0.15) is 5.10 Å². The fourth-order valence-corrected chi connectivity index (χ4v) is 1.30. The summed E-state index contributed by atoms with van der Waals surface area (Å²) in [5, 5.41) is 17.2. The summed E-state index contributed by atoms with van der Waals surface area (Å²) in [6.07, 6.45) is -0.489. The summed E-state index contributed by atoms with van der Waals surface area (Å²) in [6, 6.07) is 7.72. The van der Waals surface area contributed by atoms with Gasteiger partial charge >= 0.3 is 0 Å². The van der Waals surface area contributed by atoms with E-state index in [2.05, 4.69) is 10.2 Å². The standard InChI is InChI=1S/C9H10N2O/c1-6(12)9-7-4-2-3-5-8(7)10-11-9/h2-6,12H,1H3,(H,10,11)/t6-/m0/s1. The third kappa shape index (κ3) is 0.987. The molecule has 0 saturated carbocycles. The molecule has 0 unspecified atom stereocenters. The molecular formula is C9H10N2O. The van der Waals surface area contributed by atoms with Crippen molar-refractivity contribution in [2.75, 3.05) is 0 Å². The van der Waals surface area contributed by atoms with Crippen molar-refractivity contribution in [1.29, 1.82) is 0 Å². The van der Waals surface area contributed by atoms with Crippen LogP contribution in [0.4, 0.5) is 0 Å². The predicted molar refractivity (Wildman–Crippen MR) is 46.7 cm³/mol. The van der Waals surface area contributed by atoms with E-state index in [0.717, 1.165) is 16.6 Å². The van der Waals surface area contributed by atoms with Crippen LogP contribution in [0.5, 0.6) is 0 Å². The van der Waals surface area contributed by atoms with Crippen LogP contribution in [0.25, 0.3) is 10.9 Å². The van der Waals surface area contributed by atoms with Crippen molar-refractivity contribution >= 4 is 10.9 Å². The molecule has 0 aliphatic rings. The van der Waals surface area contributed by atoms with E-state index in [1.165, 1.54) is 0 Å². The van der Waals surface area contributed by atoms with Crippen LogP contribution in [0.2, 0.25) is 0 Å². The molecule has 1 aromatic carbocycles. The second-order valence-electron chi connectivity index (χ2n) is 2.83. The SMILES string of the molecule is C[C@H](O)c1[nH]nc2ccccc12. The number of hydrogen-bond acceptors (Lipinski definition) is 2. The highest BCUT2D eigenvalue weighted by Gasteiger charge is 2.07. The molecule has 1 heterocycles. The molecule has 2 rings (SSSR count). The monoisotopic (exact) mass is 162 g/mol. The molecule has 0 radical (unpaired) electrons. The van der Waals surface area contributed by atoms with Crippen molar-refractivity contribution in [2.24, 2.45) is 0 Å². The van der Waals surface area contributed by atoms with Crippen molar-refractivity contribution in [3.8, 4) is 0 Å². The third-order valence-corrected chi connectivity index (χ3v) is 1.91. The summed E-state index contributed by atoms with van der Waals surface area (Å²) in [6.45, 7) is 1.72. The van der Waals surface area contributed by atoms with Gasteiger partial charge in [0.05, 0.1) is 17.3 Å². The third-order valence-electron chi connectivity index (χ3n) is 1.91. The lowest BCUT2D eigenvalue weighted by molar-refractivity contribution is 0.195. The highest BCUT2D eigenvalue weighted by molar-refractivity contribution is 5.81. The highest BCUT2D eigenvalue weighted by atomic mass is 16.3. The number of fused-ring (bicyclic) bond motifs is 1. The van der Waals surface area contributed by atoms with Crippen LogP contribution >= 0.6 is 0 Å². The summed E-state index contributed by atoms with van der Waals surface area (Å²) in [7, 11) is 0. The van der Waals surface area contributed by atoms with E-state index in [4.69, 9.17) is 0 Å². The smallest absolute Gasteiger partial charge is 0.0932 e. The molecule has 0 amide bonds. The minimum absolute atomic E-state index is 0.489. The maximum absolute atomic E-state index is 9.34. The Balaban J connectivity index is 2.70. The summed E-state index contributed by atoms with van der Waals surface area (Å²) < 4.78 is 0. The van der Waals surface area contributed by atoms with Gasteiger partial charge in [0.2, 0.25) is 0 Å². The lowest BCUT2D eigenvalue weighted by atomic mass is 10.1. The van der Waals surface area contributed by atoms with Crippen molar-refractivity contribution < 1.29 is 5.11 Å². The van der Waals surface area contributed by atoms with Gasteiger partial charge in [-0.3, -0.25) is 5.10 Å². The first-order chi connectivity index (χ1) is 5.79. The molecular weight excluding hydrogens is 152 g/mol. The Morgan fingerprint density at radius 3 is 2.92 bits per heavy atom. The predicted octanol–water partition coefficient (Wildman–Crippen LogP) is 1.62. The van der Waals surface area contributed by atoms with Crippen LogP contribution < -0.4 is 0 Å². The minimum Gasteiger partial charge on any atom is -0.387 e. The van der Waals surface area contributed by atoms with Gasteiger partial charge in [0.15, 0.2) is 0 Å². The van der Waals surface area contributed by atoms with E-state index in [-0.39, 0.29) is 0 Å². The van der Waals surface area contributed by atoms with Gasteiger partial charge < -0.3 is 5.11 Å². The van der Waals surface area contributed by atoms with Crippen molar-refractivity contribution in [1.82, 2.24) is 10.2 Å². The van der Waals surface area contributed by atoms with Crippen LogP contribution in [0.1, 0.15) is 18.7 Å². The molecule has 0 fully saturated rings. The van der Waals surface area contributed by atoms with E-state index in [9.17, 15) is 5.11 Å². The molecule has 3 heteroatoms. The number of benzene rings is 1. The molecule has 1 aromatic heterocycles. The Hall–Kier alpha value is -1.35. The fourth-order valence-electron chi connectivity index (χ4n) is 1.30. The van der Waals surface area contributed by atoms with Crippen molar-refractivity contribution in [2.45, 2.75) is 13.0 Å². The van der Waals surface area contributed by atoms with E-state index in [0.29, 0.717) is 0 Å². The highest BCUT2D eigenvalue weighted by Crippen LogP contribution is 2.20. The number of aromatic nitrogens is 2. The number of aromatic amines is 1. The molecule has 12 heavy (non-hydrogen) atoms. The first-order valence-electron chi connectivity index (χ1n) is 3.90. The van der Waals surface area contributed by atoms with Crippen molar-refractivity contribution in [3.63, 3.8) is 0 Å². The van der Waals surface area contributed by atoms with E-state index < -0.39 is 6.10 Å².